The van der Waals surface area contributed by atoms with Crippen molar-refractivity contribution >= 4 is 5.84 Å². The van der Waals surface area contributed by atoms with E-state index in [1.165, 1.54) is 0 Å². The van der Waals surface area contributed by atoms with Crippen LogP contribution in [0, 0.1) is 5.41 Å². The Labute approximate surface area is 63.9 Å². The monoisotopic (exact) mass is 154 g/mol. The van der Waals surface area contributed by atoms with E-state index in [-0.39, 0.29) is 5.84 Å². The van der Waals surface area contributed by atoms with Gasteiger partial charge in [0.15, 0.2) is 0 Å². The van der Waals surface area contributed by atoms with Gasteiger partial charge in [0.05, 0.1) is 5.84 Å². The first-order valence-electron chi connectivity index (χ1n) is 3.32. The Morgan fingerprint density at radius 1 is 1.64 bits per heavy atom. The molecule has 0 atom stereocenters. The van der Waals surface area contributed by atoms with Crippen LogP contribution < -0.4 is 5.73 Å². The molecule has 1 aromatic heterocycles. The van der Waals surface area contributed by atoms with Crippen molar-refractivity contribution in [3.05, 3.63) is 6.33 Å². The van der Waals surface area contributed by atoms with Crippen LogP contribution in [0.15, 0.2) is 6.33 Å². The van der Waals surface area contributed by atoms with Gasteiger partial charge < -0.3 is 5.73 Å². The van der Waals surface area contributed by atoms with Crippen LogP contribution in [0.5, 0.6) is 0 Å². The summed E-state index contributed by atoms with van der Waals surface area (Å²) in [5.41, 5.74) is 5.15. The van der Waals surface area contributed by atoms with Crippen molar-refractivity contribution in [3.63, 3.8) is 0 Å². The molecule has 0 saturated carbocycles. The second kappa shape index (κ2) is 3.65. The number of tetrazole rings is 1. The summed E-state index contributed by atoms with van der Waals surface area (Å²) in [5.74, 6) is 0.207. The van der Waals surface area contributed by atoms with Crippen LogP contribution in [-0.2, 0) is 6.54 Å². The Hall–Kier alpha value is -1.46. The van der Waals surface area contributed by atoms with E-state index in [1.54, 1.807) is 11.0 Å². The normalized spacial score (nSPS) is 9.82. The topological polar surface area (TPSA) is 93.5 Å². The first kappa shape index (κ1) is 7.64. The lowest BCUT2D eigenvalue weighted by molar-refractivity contribution is 0.566. The molecule has 1 aromatic rings. The molecule has 3 N–H and O–H groups in total. The Morgan fingerprint density at radius 3 is 3.00 bits per heavy atom. The maximum absolute atomic E-state index is 6.94. The Balaban J connectivity index is 2.19. The molecule has 11 heavy (non-hydrogen) atoms. The molecule has 0 fully saturated rings. The fraction of sp³-hybridized carbons (Fsp3) is 0.600. The van der Waals surface area contributed by atoms with Gasteiger partial charge in [-0.05, 0) is 16.8 Å². The largest absolute Gasteiger partial charge is 0.388 e. The minimum atomic E-state index is 0.207. The summed E-state index contributed by atoms with van der Waals surface area (Å²) in [6.45, 7) is 0.715. The zero-order valence-electron chi connectivity index (χ0n) is 6.06. The molecule has 0 radical (unpaired) electrons. The van der Waals surface area contributed by atoms with Gasteiger partial charge >= 0.3 is 0 Å². The van der Waals surface area contributed by atoms with Gasteiger partial charge in [-0.25, -0.2) is 4.68 Å². The predicted octanol–water partition coefficient (Wildman–Crippen LogP) is -0.611. The van der Waals surface area contributed by atoms with Crippen LogP contribution in [0.3, 0.4) is 0 Å². The maximum atomic E-state index is 6.94. The van der Waals surface area contributed by atoms with E-state index in [2.05, 4.69) is 15.5 Å². The predicted molar refractivity (Wildman–Crippen MR) is 39.0 cm³/mol. The molecule has 0 aliphatic carbocycles. The maximum Gasteiger partial charge on any atom is 0.138 e. The standard InChI is InChI=1S/C5H10N6/c6-5(7)2-1-3-11-4-8-9-10-11/h4H,1-3H2,(H3,6,7). The van der Waals surface area contributed by atoms with Gasteiger partial charge in [0.25, 0.3) is 0 Å². The first-order chi connectivity index (χ1) is 5.29. The van der Waals surface area contributed by atoms with Gasteiger partial charge in [-0.15, -0.1) is 5.10 Å². The number of aromatic nitrogens is 4. The second-order valence-corrected chi connectivity index (χ2v) is 2.20. The number of aryl methyl sites for hydroxylation is 1. The number of rotatable bonds is 4. The number of hydrogen-bond acceptors (Lipinski definition) is 4. The highest BCUT2D eigenvalue weighted by molar-refractivity contribution is 5.76. The molecule has 0 saturated heterocycles. The molecule has 0 amide bonds. The fourth-order valence-electron chi connectivity index (χ4n) is 0.714. The van der Waals surface area contributed by atoms with Gasteiger partial charge in [0.1, 0.15) is 6.33 Å². The van der Waals surface area contributed by atoms with Crippen molar-refractivity contribution in [2.24, 2.45) is 5.73 Å². The lowest BCUT2D eigenvalue weighted by Crippen LogP contribution is -2.10. The molecule has 6 nitrogen and oxygen atoms in total. The molecular formula is C5H10N6. The highest BCUT2D eigenvalue weighted by Crippen LogP contribution is 1.90. The summed E-state index contributed by atoms with van der Waals surface area (Å²) in [7, 11) is 0. The highest BCUT2D eigenvalue weighted by atomic mass is 15.5. The van der Waals surface area contributed by atoms with E-state index in [4.69, 9.17) is 11.1 Å². The average molecular weight is 154 g/mol. The molecule has 1 rings (SSSR count). The van der Waals surface area contributed by atoms with Gasteiger partial charge in [-0.3, -0.25) is 5.41 Å². The van der Waals surface area contributed by atoms with E-state index in [0.717, 1.165) is 6.42 Å². The molecule has 60 valence electrons. The third-order valence-corrected chi connectivity index (χ3v) is 1.22. The minimum Gasteiger partial charge on any atom is -0.388 e. The van der Waals surface area contributed by atoms with Crippen LogP contribution >= 0.6 is 0 Å². The molecule has 0 aliphatic heterocycles. The van der Waals surface area contributed by atoms with Crippen molar-refractivity contribution in [2.75, 3.05) is 0 Å². The minimum absolute atomic E-state index is 0.207. The molecule has 6 heteroatoms. The summed E-state index contributed by atoms with van der Waals surface area (Å²) < 4.78 is 1.61. The molecule has 0 aromatic carbocycles. The van der Waals surface area contributed by atoms with Crippen molar-refractivity contribution in [3.8, 4) is 0 Å². The Kier molecular flexibility index (Phi) is 2.53. The van der Waals surface area contributed by atoms with Crippen molar-refractivity contribution in [1.82, 2.24) is 20.2 Å². The quantitative estimate of drug-likeness (QED) is 0.447. The average Bonchev–Trinajstić information content (AvgIpc) is 2.39. The highest BCUT2D eigenvalue weighted by Gasteiger charge is 1.93. The first-order valence-corrected chi connectivity index (χ1v) is 3.32. The molecule has 0 spiro atoms. The second-order valence-electron chi connectivity index (χ2n) is 2.20. The third kappa shape index (κ3) is 2.74. The molecular weight excluding hydrogens is 144 g/mol. The van der Waals surface area contributed by atoms with Crippen LogP contribution in [0.25, 0.3) is 0 Å². The van der Waals surface area contributed by atoms with E-state index in [1.807, 2.05) is 0 Å². The zero-order chi connectivity index (χ0) is 8.10. The van der Waals surface area contributed by atoms with E-state index < -0.39 is 0 Å². The van der Waals surface area contributed by atoms with E-state index in [0.29, 0.717) is 13.0 Å². The third-order valence-electron chi connectivity index (χ3n) is 1.22. The summed E-state index contributed by atoms with van der Waals surface area (Å²) in [5, 5.41) is 17.5. The van der Waals surface area contributed by atoms with Crippen LogP contribution in [0.4, 0.5) is 0 Å². The van der Waals surface area contributed by atoms with Gasteiger partial charge in [-0.2, -0.15) is 0 Å². The van der Waals surface area contributed by atoms with Crippen molar-refractivity contribution < 1.29 is 0 Å². The summed E-state index contributed by atoms with van der Waals surface area (Å²) in [6.07, 6.45) is 2.94. The zero-order valence-corrected chi connectivity index (χ0v) is 6.06. The Bertz CT molecular complexity index is 215. The smallest absolute Gasteiger partial charge is 0.138 e. The van der Waals surface area contributed by atoms with Crippen molar-refractivity contribution in [1.29, 1.82) is 5.41 Å². The summed E-state index contributed by atoms with van der Waals surface area (Å²) >= 11 is 0. The molecule has 0 bridgehead atoms. The number of hydrogen-bond donors (Lipinski definition) is 2. The van der Waals surface area contributed by atoms with Crippen molar-refractivity contribution in [2.45, 2.75) is 19.4 Å². The Morgan fingerprint density at radius 2 is 2.45 bits per heavy atom. The lowest BCUT2D eigenvalue weighted by Gasteiger charge is -1.96. The van der Waals surface area contributed by atoms with Gasteiger partial charge in [0.2, 0.25) is 0 Å². The van der Waals surface area contributed by atoms with Crippen LogP contribution in [0.2, 0.25) is 0 Å². The van der Waals surface area contributed by atoms with Crippen LogP contribution in [0.1, 0.15) is 12.8 Å². The molecule has 1 heterocycles. The van der Waals surface area contributed by atoms with Gasteiger partial charge in [-0.1, -0.05) is 0 Å². The summed E-state index contributed by atoms with van der Waals surface area (Å²) in [6, 6.07) is 0. The fourth-order valence-corrected chi connectivity index (χ4v) is 0.714. The number of amidine groups is 1. The molecule has 0 unspecified atom stereocenters. The van der Waals surface area contributed by atoms with Crippen LogP contribution in [-0.4, -0.2) is 26.0 Å². The van der Waals surface area contributed by atoms with E-state index >= 15 is 0 Å². The summed E-state index contributed by atoms with van der Waals surface area (Å²) in [4.78, 5) is 0. The molecule has 0 aliphatic rings. The number of nitrogens with two attached hydrogens (primary N) is 1. The SMILES string of the molecule is N=C(N)CCCn1cnnn1. The number of nitrogens with one attached hydrogen (secondary N) is 1. The lowest BCUT2D eigenvalue weighted by atomic mass is 10.3. The van der Waals surface area contributed by atoms with Gasteiger partial charge in [0, 0.05) is 13.0 Å². The number of nitrogens with zero attached hydrogens (tertiary/aromatic N) is 4. The van der Waals surface area contributed by atoms with E-state index in [9.17, 15) is 0 Å².